The Morgan fingerprint density at radius 1 is 1.15 bits per heavy atom. The molecule has 0 spiro atoms. The number of nitriles is 1. The smallest absolute Gasteiger partial charge is 0.266 e. The summed E-state index contributed by atoms with van der Waals surface area (Å²) in [5.41, 5.74) is 3.75. The number of carbonyl (C=O) groups is 1. The van der Waals surface area contributed by atoms with Crippen LogP contribution < -0.4 is 14.8 Å². The summed E-state index contributed by atoms with van der Waals surface area (Å²) in [5.74, 6) is -0.310. The molecule has 0 aliphatic rings. The van der Waals surface area contributed by atoms with Crippen molar-refractivity contribution in [2.45, 2.75) is 20.5 Å². The van der Waals surface area contributed by atoms with Crippen LogP contribution in [0, 0.1) is 31.0 Å². The molecular weight excluding hydrogens is 443 g/mol. The number of nitrogens with one attached hydrogen (secondary N) is 1. The molecule has 0 radical (unpaired) electrons. The summed E-state index contributed by atoms with van der Waals surface area (Å²) in [4.78, 5) is 12.6. The molecule has 0 aliphatic carbocycles. The monoisotopic (exact) mass is 464 g/mol. The van der Waals surface area contributed by atoms with Crippen LogP contribution in [0.15, 0.2) is 60.2 Å². The van der Waals surface area contributed by atoms with E-state index in [0.717, 1.165) is 11.1 Å². The SMILES string of the molecule is COc1cc(/C=C(\C#N)C(=O)Nc2ccc(C)c(C)c2)cc(Cl)c1OCc1cccc(F)c1. The Morgan fingerprint density at radius 3 is 2.61 bits per heavy atom. The van der Waals surface area contributed by atoms with Crippen molar-refractivity contribution >= 4 is 29.3 Å². The van der Waals surface area contributed by atoms with Crippen molar-refractivity contribution in [2.75, 3.05) is 12.4 Å². The van der Waals surface area contributed by atoms with Crippen LogP contribution in [0.4, 0.5) is 10.1 Å². The molecular formula is C26H22ClFN2O3. The second-order valence-corrected chi connectivity index (χ2v) is 7.78. The molecule has 5 nitrogen and oxygen atoms in total. The van der Waals surface area contributed by atoms with Crippen LogP contribution in [0.5, 0.6) is 11.5 Å². The maximum absolute atomic E-state index is 13.4. The molecule has 3 aromatic rings. The minimum Gasteiger partial charge on any atom is -0.493 e. The van der Waals surface area contributed by atoms with E-state index in [0.29, 0.717) is 22.6 Å². The average Bonchev–Trinajstić information content (AvgIpc) is 2.78. The van der Waals surface area contributed by atoms with Gasteiger partial charge in [-0.1, -0.05) is 29.8 Å². The van der Waals surface area contributed by atoms with Crippen molar-refractivity contribution < 1.29 is 18.7 Å². The van der Waals surface area contributed by atoms with Gasteiger partial charge in [-0.2, -0.15) is 5.26 Å². The largest absolute Gasteiger partial charge is 0.493 e. The third kappa shape index (κ3) is 6.12. The summed E-state index contributed by atoms with van der Waals surface area (Å²) in [5, 5.41) is 12.5. The summed E-state index contributed by atoms with van der Waals surface area (Å²) in [7, 11) is 1.45. The molecule has 0 unspecified atom stereocenters. The van der Waals surface area contributed by atoms with E-state index in [1.165, 1.54) is 25.3 Å². The molecule has 1 N–H and O–H groups in total. The molecule has 0 fully saturated rings. The molecule has 0 bridgehead atoms. The minimum absolute atomic E-state index is 0.0881. The highest BCUT2D eigenvalue weighted by Crippen LogP contribution is 2.37. The van der Waals surface area contributed by atoms with Gasteiger partial charge in [0.15, 0.2) is 11.5 Å². The number of hydrogen-bond acceptors (Lipinski definition) is 4. The van der Waals surface area contributed by atoms with Crippen LogP contribution in [0.2, 0.25) is 5.02 Å². The van der Waals surface area contributed by atoms with E-state index >= 15 is 0 Å². The highest BCUT2D eigenvalue weighted by atomic mass is 35.5. The zero-order chi connectivity index (χ0) is 24.0. The van der Waals surface area contributed by atoms with Gasteiger partial charge in [-0.3, -0.25) is 4.79 Å². The minimum atomic E-state index is -0.540. The Balaban J connectivity index is 1.82. The number of hydrogen-bond donors (Lipinski definition) is 1. The fraction of sp³-hybridized carbons (Fsp3) is 0.154. The first-order valence-corrected chi connectivity index (χ1v) is 10.4. The lowest BCUT2D eigenvalue weighted by Crippen LogP contribution is -2.13. The second-order valence-electron chi connectivity index (χ2n) is 7.38. The molecule has 0 aromatic heterocycles. The number of rotatable bonds is 7. The normalized spacial score (nSPS) is 11.0. The van der Waals surface area contributed by atoms with Crippen LogP contribution >= 0.6 is 11.6 Å². The molecule has 1 amide bonds. The van der Waals surface area contributed by atoms with Gasteiger partial charge in [-0.05, 0) is 78.6 Å². The number of halogens is 2. The van der Waals surface area contributed by atoms with Crippen molar-refractivity contribution in [3.8, 4) is 17.6 Å². The first kappa shape index (κ1) is 23.8. The Hall–Kier alpha value is -3.82. The van der Waals surface area contributed by atoms with Crippen molar-refractivity contribution in [1.82, 2.24) is 0 Å². The van der Waals surface area contributed by atoms with Crippen molar-refractivity contribution in [1.29, 1.82) is 5.26 Å². The van der Waals surface area contributed by atoms with Gasteiger partial charge in [0.1, 0.15) is 24.1 Å². The van der Waals surface area contributed by atoms with E-state index in [4.69, 9.17) is 21.1 Å². The zero-order valence-corrected chi connectivity index (χ0v) is 19.2. The van der Waals surface area contributed by atoms with Gasteiger partial charge in [0.25, 0.3) is 5.91 Å². The molecule has 3 rings (SSSR count). The third-order valence-electron chi connectivity index (χ3n) is 4.96. The topological polar surface area (TPSA) is 71.3 Å². The van der Waals surface area contributed by atoms with Gasteiger partial charge in [0, 0.05) is 5.69 Å². The van der Waals surface area contributed by atoms with Crippen LogP contribution in [-0.2, 0) is 11.4 Å². The van der Waals surface area contributed by atoms with E-state index < -0.39 is 5.91 Å². The lowest BCUT2D eigenvalue weighted by Gasteiger charge is -2.14. The Labute approximate surface area is 197 Å². The molecule has 0 aliphatic heterocycles. The van der Waals surface area contributed by atoms with Gasteiger partial charge < -0.3 is 14.8 Å². The predicted octanol–water partition coefficient (Wildman–Crippen LogP) is 6.23. The summed E-state index contributed by atoms with van der Waals surface area (Å²) in [6.07, 6.45) is 1.42. The number of anilines is 1. The molecule has 0 heterocycles. The van der Waals surface area contributed by atoms with E-state index in [9.17, 15) is 14.4 Å². The predicted molar refractivity (Wildman–Crippen MR) is 127 cm³/mol. The fourth-order valence-corrected chi connectivity index (χ4v) is 3.35. The molecule has 3 aromatic carbocycles. The van der Waals surface area contributed by atoms with Crippen LogP contribution in [0.25, 0.3) is 6.08 Å². The number of nitrogens with zero attached hydrogens (tertiary/aromatic N) is 1. The highest BCUT2D eigenvalue weighted by Gasteiger charge is 2.15. The Bertz CT molecular complexity index is 1260. The first-order valence-electron chi connectivity index (χ1n) is 10.1. The number of benzene rings is 3. The molecule has 7 heteroatoms. The van der Waals surface area contributed by atoms with Crippen LogP contribution in [-0.4, -0.2) is 13.0 Å². The van der Waals surface area contributed by atoms with E-state index in [1.54, 1.807) is 30.3 Å². The lowest BCUT2D eigenvalue weighted by molar-refractivity contribution is -0.112. The van der Waals surface area contributed by atoms with E-state index in [1.807, 2.05) is 32.0 Å². The Morgan fingerprint density at radius 2 is 1.94 bits per heavy atom. The molecule has 168 valence electrons. The second kappa shape index (κ2) is 10.7. The molecule has 0 saturated carbocycles. The van der Waals surface area contributed by atoms with Gasteiger partial charge in [0.05, 0.1) is 12.1 Å². The van der Waals surface area contributed by atoms with Crippen molar-refractivity contribution in [3.63, 3.8) is 0 Å². The standard InChI is InChI=1S/C26H22ClFN2O3/c1-16-7-8-22(9-17(16)2)30-26(31)20(14-29)10-19-12-23(27)25(24(13-19)32-3)33-15-18-5-4-6-21(28)11-18/h4-13H,15H2,1-3H3,(H,30,31)/b20-10+. The molecule has 0 saturated heterocycles. The van der Waals surface area contributed by atoms with E-state index in [2.05, 4.69) is 5.32 Å². The van der Waals surface area contributed by atoms with Crippen LogP contribution in [0.1, 0.15) is 22.3 Å². The quantitative estimate of drug-likeness (QED) is 0.332. The fourth-order valence-electron chi connectivity index (χ4n) is 3.08. The average molecular weight is 465 g/mol. The number of aryl methyl sites for hydroxylation is 2. The summed E-state index contributed by atoms with van der Waals surface area (Å²) in [6.45, 7) is 4.01. The van der Waals surface area contributed by atoms with Crippen LogP contribution in [0.3, 0.4) is 0 Å². The van der Waals surface area contributed by atoms with E-state index in [-0.39, 0.29) is 28.8 Å². The van der Waals surface area contributed by atoms with Gasteiger partial charge >= 0.3 is 0 Å². The number of ether oxygens (including phenoxy) is 2. The zero-order valence-electron chi connectivity index (χ0n) is 18.4. The van der Waals surface area contributed by atoms with Gasteiger partial charge in [0.2, 0.25) is 0 Å². The number of amides is 1. The summed E-state index contributed by atoms with van der Waals surface area (Å²) >= 11 is 6.39. The third-order valence-corrected chi connectivity index (χ3v) is 5.25. The first-order chi connectivity index (χ1) is 15.8. The number of carbonyl (C=O) groups excluding carboxylic acids is 1. The summed E-state index contributed by atoms with van der Waals surface area (Å²) < 4.78 is 24.5. The van der Waals surface area contributed by atoms with Crippen molar-refractivity contribution in [3.05, 3.63) is 93.3 Å². The summed E-state index contributed by atoms with van der Waals surface area (Å²) in [6, 6.07) is 16.6. The van der Waals surface area contributed by atoms with Crippen molar-refractivity contribution in [2.24, 2.45) is 0 Å². The molecule has 33 heavy (non-hydrogen) atoms. The molecule has 0 atom stereocenters. The van der Waals surface area contributed by atoms with Gasteiger partial charge in [-0.15, -0.1) is 0 Å². The lowest BCUT2D eigenvalue weighted by atomic mass is 10.1. The Kier molecular flexibility index (Phi) is 7.70. The maximum atomic E-state index is 13.4. The highest BCUT2D eigenvalue weighted by molar-refractivity contribution is 6.32. The maximum Gasteiger partial charge on any atom is 0.266 e. The number of methoxy groups -OCH3 is 1. The van der Waals surface area contributed by atoms with Gasteiger partial charge in [-0.25, -0.2) is 4.39 Å².